The molecule has 15 heavy (non-hydrogen) atoms. The Morgan fingerprint density at radius 2 is 2.27 bits per heavy atom. The normalized spacial score (nSPS) is 38.1. The Morgan fingerprint density at radius 1 is 1.47 bits per heavy atom. The summed E-state index contributed by atoms with van der Waals surface area (Å²) in [5.41, 5.74) is 0. The fourth-order valence-corrected chi connectivity index (χ4v) is 3.06. The van der Waals surface area contributed by atoms with E-state index in [1.807, 2.05) is 0 Å². The van der Waals surface area contributed by atoms with Crippen LogP contribution in [-0.4, -0.2) is 40.9 Å². The van der Waals surface area contributed by atoms with E-state index in [0.717, 1.165) is 38.8 Å². The molecule has 2 fully saturated rings. The van der Waals surface area contributed by atoms with Crippen LogP contribution in [0, 0.1) is 0 Å². The second-order valence-corrected chi connectivity index (χ2v) is 5.61. The summed E-state index contributed by atoms with van der Waals surface area (Å²) in [5, 5.41) is 0. The summed E-state index contributed by atoms with van der Waals surface area (Å²) in [4.78, 5) is 14.1. The molecule has 0 aromatic carbocycles. The number of halogens is 1. The average Bonchev–Trinajstić information content (AvgIpc) is 2.22. The van der Waals surface area contributed by atoms with E-state index in [-0.39, 0.29) is 10.7 Å². The maximum Gasteiger partial charge on any atom is 0.236 e. The van der Waals surface area contributed by atoms with Crippen molar-refractivity contribution in [3.63, 3.8) is 0 Å². The molecule has 0 saturated carbocycles. The summed E-state index contributed by atoms with van der Waals surface area (Å²) in [7, 11) is 0. The Morgan fingerprint density at radius 3 is 3.00 bits per heavy atom. The molecule has 0 aromatic rings. The standard InChI is InChI=1S/C11H18BrNO2/c1-8-7-9(4-6-15-8)13-5-2-3-10(12)11(13)14/h8-10H,2-7H2,1H3. The van der Waals surface area contributed by atoms with E-state index in [9.17, 15) is 4.79 Å². The molecule has 2 saturated heterocycles. The summed E-state index contributed by atoms with van der Waals surface area (Å²) in [6.07, 6.45) is 4.38. The minimum atomic E-state index is 0.0457. The molecule has 0 aromatic heterocycles. The van der Waals surface area contributed by atoms with Gasteiger partial charge in [-0.05, 0) is 32.6 Å². The number of carbonyl (C=O) groups is 1. The van der Waals surface area contributed by atoms with Gasteiger partial charge in [-0.1, -0.05) is 15.9 Å². The fraction of sp³-hybridized carbons (Fsp3) is 0.909. The maximum absolute atomic E-state index is 12.0. The van der Waals surface area contributed by atoms with E-state index in [0.29, 0.717) is 12.1 Å². The Kier molecular flexibility index (Phi) is 3.67. The van der Waals surface area contributed by atoms with E-state index in [1.165, 1.54) is 0 Å². The van der Waals surface area contributed by atoms with Gasteiger partial charge in [-0.25, -0.2) is 0 Å². The zero-order valence-corrected chi connectivity index (χ0v) is 10.7. The quantitative estimate of drug-likeness (QED) is 0.685. The number of ether oxygens (including phenoxy) is 1. The maximum atomic E-state index is 12.0. The number of nitrogens with zero attached hydrogens (tertiary/aromatic N) is 1. The van der Waals surface area contributed by atoms with Gasteiger partial charge in [0, 0.05) is 19.2 Å². The lowest BCUT2D eigenvalue weighted by Gasteiger charge is -2.40. The minimum absolute atomic E-state index is 0.0457. The van der Waals surface area contributed by atoms with Crippen LogP contribution in [0.3, 0.4) is 0 Å². The van der Waals surface area contributed by atoms with Crippen LogP contribution in [0.1, 0.15) is 32.6 Å². The molecule has 0 spiro atoms. The molecule has 2 aliphatic rings. The molecule has 2 aliphatic heterocycles. The molecule has 3 atom stereocenters. The van der Waals surface area contributed by atoms with Crippen molar-refractivity contribution in [3.8, 4) is 0 Å². The number of piperidine rings is 1. The van der Waals surface area contributed by atoms with Crippen LogP contribution >= 0.6 is 15.9 Å². The van der Waals surface area contributed by atoms with Gasteiger partial charge in [0.15, 0.2) is 0 Å². The molecule has 0 bridgehead atoms. The summed E-state index contributed by atoms with van der Waals surface area (Å²) >= 11 is 3.45. The second-order valence-electron chi connectivity index (χ2n) is 4.50. The van der Waals surface area contributed by atoms with Crippen molar-refractivity contribution in [1.82, 2.24) is 4.90 Å². The predicted octanol–water partition coefficient (Wildman–Crippen LogP) is 1.94. The van der Waals surface area contributed by atoms with Crippen LogP contribution < -0.4 is 0 Å². The molecular weight excluding hydrogens is 258 g/mol. The van der Waals surface area contributed by atoms with Crippen LogP contribution in [0.2, 0.25) is 0 Å². The lowest BCUT2D eigenvalue weighted by molar-refractivity contribution is -0.138. The van der Waals surface area contributed by atoms with Crippen LogP contribution in [0.15, 0.2) is 0 Å². The van der Waals surface area contributed by atoms with Gasteiger partial charge in [0.2, 0.25) is 5.91 Å². The molecule has 2 rings (SSSR count). The molecule has 4 heteroatoms. The topological polar surface area (TPSA) is 29.5 Å². The average molecular weight is 276 g/mol. The Bertz CT molecular complexity index is 247. The lowest BCUT2D eigenvalue weighted by Crippen LogP contribution is -2.50. The molecule has 2 heterocycles. The number of rotatable bonds is 1. The van der Waals surface area contributed by atoms with Crippen molar-refractivity contribution in [2.24, 2.45) is 0 Å². The van der Waals surface area contributed by atoms with Crippen molar-refractivity contribution in [3.05, 3.63) is 0 Å². The van der Waals surface area contributed by atoms with Crippen molar-refractivity contribution in [2.75, 3.05) is 13.2 Å². The number of carbonyl (C=O) groups excluding carboxylic acids is 1. The largest absolute Gasteiger partial charge is 0.378 e. The van der Waals surface area contributed by atoms with E-state index in [1.54, 1.807) is 0 Å². The van der Waals surface area contributed by atoms with Gasteiger partial charge in [0.05, 0.1) is 10.9 Å². The van der Waals surface area contributed by atoms with Crippen LogP contribution in [0.5, 0.6) is 0 Å². The smallest absolute Gasteiger partial charge is 0.236 e. The van der Waals surface area contributed by atoms with Crippen molar-refractivity contribution in [2.45, 2.75) is 49.6 Å². The van der Waals surface area contributed by atoms with Gasteiger partial charge in [-0.3, -0.25) is 4.79 Å². The van der Waals surface area contributed by atoms with Crippen LogP contribution in [-0.2, 0) is 9.53 Å². The number of hydrogen-bond acceptors (Lipinski definition) is 2. The number of hydrogen-bond donors (Lipinski definition) is 0. The molecule has 1 amide bonds. The monoisotopic (exact) mass is 275 g/mol. The van der Waals surface area contributed by atoms with Crippen molar-refractivity contribution >= 4 is 21.8 Å². The van der Waals surface area contributed by atoms with Gasteiger partial charge >= 0.3 is 0 Å². The van der Waals surface area contributed by atoms with Gasteiger partial charge in [0.25, 0.3) is 0 Å². The molecule has 0 N–H and O–H groups in total. The third-order valence-corrected chi connectivity index (χ3v) is 4.16. The highest BCUT2D eigenvalue weighted by atomic mass is 79.9. The second kappa shape index (κ2) is 4.83. The van der Waals surface area contributed by atoms with Crippen LogP contribution in [0.4, 0.5) is 0 Å². The predicted molar refractivity (Wildman–Crippen MR) is 62.1 cm³/mol. The summed E-state index contributed by atoms with van der Waals surface area (Å²) in [6.45, 7) is 3.81. The molecular formula is C11H18BrNO2. The molecule has 0 radical (unpaired) electrons. The minimum Gasteiger partial charge on any atom is -0.378 e. The SMILES string of the molecule is CC1CC(N2CCCC(Br)C2=O)CCO1. The molecule has 3 nitrogen and oxygen atoms in total. The van der Waals surface area contributed by atoms with E-state index < -0.39 is 0 Å². The first-order valence-corrected chi connectivity index (χ1v) is 6.66. The van der Waals surface area contributed by atoms with Gasteiger partial charge < -0.3 is 9.64 Å². The number of likely N-dealkylation sites (tertiary alicyclic amines) is 1. The molecule has 0 aliphatic carbocycles. The number of alkyl halides is 1. The van der Waals surface area contributed by atoms with Crippen molar-refractivity contribution in [1.29, 1.82) is 0 Å². The Hall–Kier alpha value is -0.0900. The first-order valence-electron chi connectivity index (χ1n) is 5.74. The third-order valence-electron chi connectivity index (χ3n) is 3.31. The van der Waals surface area contributed by atoms with Gasteiger partial charge in [0.1, 0.15) is 0 Å². The van der Waals surface area contributed by atoms with Gasteiger partial charge in [-0.2, -0.15) is 0 Å². The highest BCUT2D eigenvalue weighted by molar-refractivity contribution is 9.10. The van der Waals surface area contributed by atoms with E-state index in [2.05, 4.69) is 27.8 Å². The first kappa shape index (κ1) is 11.4. The van der Waals surface area contributed by atoms with E-state index in [4.69, 9.17) is 4.74 Å². The van der Waals surface area contributed by atoms with Crippen LogP contribution in [0.25, 0.3) is 0 Å². The Labute approximate surface area is 99.3 Å². The zero-order valence-electron chi connectivity index (χ0n) is 9.12. The molecule has 86 valence electrons. The Balaban J connectivity index is 1.99. The first-order chi connectivity index (χ1) is 7.18. The third kappa shape index (κ3) is 2.53. The zero-order chi connectivity index (χ0) is 10.8. The summed E-state index contributed by atoms with van der Waals surface area (Å²) in [6, 6.07) is 0.404. The fourth-order valence-electron chi connectivity index (χ4n) is 2.47. The van der Waals surface area contributed by atoms with Gasteiger partial charge in [-0.15, -0.1) is 0 Å². The summed E-state index contributed by atoms with van der Waals surface area (Å²) < 4.78 is 5.51. The molecule has 3 unspecified atom stereocenters. The number of amides is 1. The highest BCUT2D eigenvalue weighted by Crippen LogP contribution is 2.26. The van der Waals surface area contributed by atoms with E-state index >= 15 is 0 Å². The summed E-state index contributed by atoms with van der Waals surface area (Å²) in [5.74, 6) is 0.278. The van der Waals surface area contributed by atoms with Crippen molar-refractivity contribution < 1.29 is 9.53 Å². The highest BCUT2D eigenvalue weighted by Gasteiger charge is 2.33. The lowest BCUT2D eigenvalue weighted by atomic mass is 9.99.